The van der Waals surface area contributed by atoms with Crippen molar-refractivity contribution in [2.24, 2.45) is 5.10 Å². The van der Waals surface area contributed by atoms with Gasteiger partial charge in [0, 0.05) is 11.3 Å². The maximum atomic E-state index is 6.01. The summed E-state index contributed by atoms with van der Waals surface area (Å²) in [6.07, 6.45) is 1.64. The third kappa shape index (κ3) is 2.35. The molecule has 0 saturated heterocycles. The van der Waals surface area contributed by atoms with Gasteiger partial charge in [0.1, 0.15) is 11.5 Å². The summed E-state index contributed by atoms with van der Waals surface area (Å²) in [5.74, 6) is 2.81. The number of benzene rings is 1. The van der Waals surface area contributed by atoms with E-state index in [1.54, 1.807) is 29.8 Å². The minimum atomic E-state index is 0.586. The van der Waals surface area contributed by atoms with Gasteiger partial charge in [0.25, 0.3) is 0 Å². The lowest BCUT2D eigenvalue weighted by Crippen LogP contribution is -2.14. The van der Waals surface area contributed by atoms with Crippen molar-refractivity contribution in [1.82, 2.24) is 14.9 Å². The highest BCUT2D eigenvalue weighted by molar-refractivity contribution is 7.99. The van der Waals surface area contributed by atoms with Gasteiger partial charge in [0.05, 0.1) is 30.3 Å². The minimum Gasteiger partial charge on any atom is -0.495 e. The van der Waals surface area contributed by atoms with Gasteiger partial charge in [-0.1, -0.05) is 11.8 Å². The molecule has 2 N–H and O–H groups in total. The minimum absolute atomic E-state index is 0.586. The molecule has 0 bridgehead atoms. The molecular weight excluding hydrogens is 326 g/mol. The topological polar surface area (TPSA) is 91.5 Å². The van der Waals surface area contributed by atoms with Crippen molar-refractivity contribution in [1.29, 1.82) is 0 Å². The third-order valence-corrected chi connectivity index (χ3v) is 4.76. The second-order valence-corrected chi connectivity index (χ2v) is 6.24. The van der Waals surface area contributed by atoms with Crippen molar-refractivity contribution in [2.75, 3.05) is 18.6 Å². The Morgan fingerprint density at radius 2 is 2.17 bits per heavy atom. The number of hydrogen-bond donors (Lipinski definition) is 1. The molecule has 0 fully saturated rings. The number of aryl methyl sites for hydroxylation is 1. The maximum absolute atomic E-state index is 6.01. The molecule has 0 saturated carbocycles. The fourth-order valence-corrected chi connectivity index (χ4v) is 3.41. The molecule has 0 spiro atoms. The molecule has 122 valence electrons. The van der Waals surface area contributed by atoms with Gasteiger partial charge < -0.3 is 14.9 Å². The Bertz CT molecular complexity index is 944. The second kappa shape index (κ2) is 5.72. The van der Waals surface area contributed by atoms with E-state index in [4.69, 9.17) is 20.0 Å². The van der Waals surface area contributed by atoms with Crippen LogP contribution in [-0.4, -0.2) is 33.4 Å². The predicted octanol–water partition coefficient (Wildman–Crippen LogP) is 2.80. The highest BCUT2D eigenvalue weighted by Gasteiger charge is 2.22. The van der Waals surface area contributed by atoms with E-state index in [1.807, 2.05) is 31.2 Å². The van der Waals surface area contributed by atoms with Gasteiger partial charge >= 0.3 is 0 Å². The van der Waals surface area contributed by atoms with Crippen molar-refractivity contribution in [3.05, 3.63) is 41.9 Å². The highest BCUT2D eigenvalue weighted by atomic mass is 32.2. The number of aromatic nitrogens is 3. The number of hydrogen-bond acceptors (Lipinski definition) is 7. The molecular formula is C16H15N5O2S. The summed E-state index contributed by atoms with van der Waals surface area (Å²) < 4.78 is 12.3. The Morgan fingerprint density at radius 3 is 2.88 bits per heavy atom. The van der Waals surface area contributed by atoms with Crippen LogP contribution in [0.2, 0.25) is 0 Å². The van der Waals surface area contributed by atoms with Crippen molar-refractivity contribution in [3.8, 4) is 17.1 Å². The summed E-state index contributed by atoms with van der Waals surface area (Å²) >= 11 is 1.59. The van der Waals surface area contributed by atoms with Crippen LogP contribution in [-0.2, 0) is 0 Å². The molecule has 0 amide bonds. The average Bonchev–Trinajstić information content (AvgIpc) is 3.19. The molecule has 3 heterocycles. The summed E-state index contributed by atoms with van der Waals surface area (Å²) in [5.41, 5.74) is 9.34. The van der Waals surface area contributed by atoms with Crippen LogP contribution in [0.15, 0.2) is 45.2 Å². The van der Waals surface area contributed by atoms with Crippen molar-refractivity contribution in [3.63, 3.8) is 0 Å². The molecule has 1 aliphatic rings. The smallest absolute Gasteiger partial charge is 0.212 e. The first-order valence-corrected chi connectivity index (χ1v) is 8.30. The Labute approximate surface area is 142 Å². The summed E-state index contributed by atoms with van der Waals surface area (Å²) in [5, 5.41) is 13.9. The monoisotopic (exact) mass is 341 g/mol. The average molecular weight is 341 g/mol. The van der Waals surface area contributed by atoms with Crippen molar-refractivity contribution < 1.29 is 9.15 Å². The normalized spacial score (nSPS) is 13.5. The first kappa shape index (κ1) is 14.8. The standard InChI is InChI=1S/C16H15N5O2S/c1-9-11(5-6-23-9)15-18-19-16-21(15)20-13(8-24-16)10-3-4-14(22-2)12(17)7-10/h3-7H,8,17H2,1-2H3. The van der Waals surface area contributed by atoms with Crippen LogP contribution in [0.5, 0.6) is 5.75 Å². The number of rotatable bonds is 3. The molecule has 8 heteroatoms. The Hall–Kier alpha value is -2.74. The summed E-state index contributed by atoms with van der Waals surface area (Å²) in [7, 11) is 1.60. The number of nitrogen functional groups attached to an aromatic ring is 1. The first-order valence-electron chi connectivity index (χ1n) is 7.32. The van der Waals surface area contributed by atoms with Crippen LogP contribution in [0.25, 0.3) is 11.4 Å². The Kier molecular flexibility index (Phi) is 3.53. The van der Waals surface area contributed by atoms with E-state index in [0.29, 0.717) is 23.0 Å². The van der Waals surface area contributed by atoms with Crippen LogP contribution in [0, 0.1) is 6.92 Å². The van der Waals surface area contributed by atoms with Gasteiger partial charge in [-0.15, -0.1) is 10.2 Å². The molecule has 7 nitrogen and oxygen atoms in total. The number of fused-ring (bicyclic) bond motifs is 1. The number of anilines is 1. The van der Waals surface area contributed by atoms with Crippen LogP contribution in [0.3, 0.4) is 0 Å². The summed E-state index contributed by atoms with van der Waals surface area (Å²) in [4.78, 5) is 0. The molecule has 1 aromatic carbocycles. The van der Waals surface area contributed by atoms with E-state index in [0.717, 1.165) is 27.8 Å². The van der Waals surface area contributed by atoms with E-state index >= 15 is 0 Å². The molecule has 0 radical (unpaired) electrons. The maximum Gasteiger partial charge on any atom is 0.212 e. The van der Waals surface area contributed by atoms with E-state index < -0.39 is 0 Å². The Morgan fingerprint density at radius 1 is 1.29 bits per heavy atom. The number of nitrogens with two attached hydrogens (primary N) is 1. The summed E-state index contributed by atoms with van der Waals surface area (Å²) in [6.45, 7) is 1.89. The van der Waals surface area contributed by atoms with Gasteiger partial charge in [-0.25, -0.2) is 0 Å². The number of thioether (sulfide) groups is 1. The molecule has 24 heavy (non-hydrogen) atoms. The first-order chi connectivity index (χ1) is 11.7. The van der Waals surface area contributed by atoms with E-state index in [9.17, 15) is 0 Å². The molecule has 4 rings (SSSR count). The fourth-order valence-electron chi connectivity index (χ4n) is 2.57. The lowest BCUT2D eigenvalue weighted by atomic mass is 10.1. The van der Waals surface area contributed by atoms with Crippen LogP contribution in [0.1, 0.15) is 11.3 Å². The van der Waals surface area contributed by atoms with Crippen LogP contribution in [0.4, 0.5) is 5.69 Å². The van der Waals surface area contributed by atoms with Crippen molar-refractivity contribution in [2.45, 2.75) is 12.1 Å². The SMILES string of the molecule is COc1ccc(C2=Nn3c(nnc3-c3ccoc3C)SC2)cc1N. The number of furan rings is 1. The number of methoxy groups -OCH3 is 1. The van der Waals surface area contributed by atoms with E-state index in [-0.39, 0.29) is 0 Å². The zero-order valence-corrected chi connectivity index (χ0v) is 14.0. The lowest BCUT2D eigenvalue weighted by Gasteiger charge is -2.14. The Balaban J connectivity index is 1.78. The van der Waals surface area contributed by atoms with Gasteiger partial charge in [0.2, 0.25) is 5.16 Å². The van der Waals surface area contributed by atoms with Gasteiger partial charge in [-0.3, -0.25) is 0 Å². The molecule has 1 aliphatic heterocycles. The second-order valence-electron chi connectivity index (χ2n) is 5.30. The fraction of sp³-hybridized carbons (Fsp3) is 0.188. The molecule has 0 aliphatic carbocycles. The van der Waals surface area contributed by atoms with E-state index in [2.05, 4.69) is 10.2 Å². The number of ether oxygens (including phenoxy) is 1. The molecule has 0 atom stereocenters. The van der Waals surface area contributed by atoms with Gasteiger partial charge in [-0.05, 0) is 31.2 Å². The zero-order valence-electron chi connectivity index (χ0n) is 13.2. The quantitative estimate of drug-likeness (QED) is 0.737. The van der Waals surface area contributed by atoms with Crippen LogP contribution < -0.4 is 10.5 Å². The molecule has 0 unspecified atom stereocenters. The molecule has 2 aromatic heterocycles. The molecule has 3 aromatic rings. The number of nitrogens with zero attached hydrogens (tertiary/aromatic N) is 4. The third-order valence-electron chi connectivity index (χ3n) is 3.83. The largest absolute Gasteiger partial charge is 0.495 e. The van der Waals surface area contributed by atoms with Crippen LogP contribution >= 0.6 is 11.8 Å². The van der Waals surface area contributed by atoms with E-state index in [1.165, 1.54) is 0 Å². The van der Waals surface area contributed by atoms with Crippen molar-refractivity contribution >= 4 is 23.2 Å². The zero-order chi connectivity index (χ0) is 16.7. The summed E-state index contributed by atoms with van der Waals surface area (Å²) in [6, 6.07) is 7.54. The van der Waals surface area contributed by atoms with Gasteiger partial charge in [0.15, 0.2) is 5.82 Å². The lowest BCUT2D eigenvalue weighted by molar-refractivity contribution is 0.417. The highest BCUT2D eigenvalue weighted by Crippen LogP contribution is 2.31. The predicted molar refractivity (Wildman–Crippen MR) is 92.5 cm³/mol. The van der Waals surface area contributed by atoms with Gasteiger partial charge in [-0.2, -0.15) is 9.78 Å².